The summed E-state index contributed by atoms with van der Waals surface area (Å²) in [4.78, 5) is 1.54. The summed E-state index contributed by atoms with van der Waals surface area (Å²) < 4.78 is 0. The van der Waals surface area contributed by atoms with Crippen LogP contribution in [0, 0.1) is 0 Å². The molecule has 15 heavy (non-hydrogen) atoms. The van der Waals surface area contributed by atoms with Gasteiger partial charge in [0.25, 0.3) is 0 Å². The summed E-state index contributed by atoms with van der Waals surface area (Å²) in [5.41, 5.74) is 4.75. The fourth-order valence-electron chi connectivity index (χ4n) is 1.89. The van der Waals surface area contributed by atoms with Crippen molar-refractivity contribution >= 4 is 11.3 Å². The molecule has 1 N–H and O–H groups in total. The lowest BCUT2D eigenvalue weighted by Gasteiger charge is -2.33. The van der Waals surface area contributed by atoms with Crippen LogP contribution in [0.2, 0.25) is 0 Å². The van der Waals surface area contributed by atoms with Crippen molar-refractivity contribution in [3.05, 3.63) is 46.8 Å². The first-order chi connectivity index (χ1) is 7.33. The van der Waals surface area contributed by atoms with E-state index in [1.54, 1.807) is 6.08 Å². The van der Waals surface area contributed by atoms with Gasteiger partial charge >= 0.3 is 0 Å². The molecule has 0 spiro atoms. The van der Waals surface area contributed by atoms with Crippen LogP contribution < -0.4 is 5.43 Å². The van der Waals surface area contributed by atoms with Crippen molar-refractivity contribution in [1.29, 1.82) is 0 Å². The van der Waals surface area contributed by atoms with Crippen LogP contribution in [0.15, 0.2) is 36.4 Å². The standard InChI is InChI=1S/C12H16N2S/c1-3-4-7-13-14-8-5-12-11(10(14)2)6-9-15-12/h3-4,6-7,9-10,13H,1,5,8H2,2H3/b7-4-/t10-/m1/s1. The van der Waals surface area contributed by atoms with Gasteiger partial charge in [0.15, 0.2) is 0 Å². The maximum atomic E-state index is 3.65. The van der Waals surface area contributed by atoms with Crippen molar-refractivity contribution in [3.8, 4) is 0 Å². The Labute approximate surface area is 94.9 Å². The summed E-state index contributed by atoms with van der Waals surface area (Å²) in [5, 5.41) is 4.44. The highest BCUT2D eigenvalue weighted by Gasteiger charge is 2.23. The van der Waals surface area contributed by atoms with Crippen LogP contribution in [0.5, 0.6) is 0 Å². The third-order valence-electron chi connectivity index (χ3n) is 2.75. The molecular weight excluding hydrogens is 204 g/mol. The number of allylic oxidation sites excluding steroid dienone is 2. The molecule has 1 aromatic heterocycles. The number of thiophene rings is 1. The minimum atomic E-state index is 0.453. The average molecular weight is 220 g/mol. The van der Waals surface area contributed by atoms with Crippen LogP contribution >= 0.6 is 11.3 Å². The van der Waals surface area contributed by atoms with Gasteiger partial charge in [0.1, 0.15) is 0 Å². The van der Waals surface area contributed by atoms with Crippen LogP contribution in [-0.4, -0.2) is 11.6 Å². The first-order valence-electron chi connectivity index (χ1n) is 5.19. The summed E-state index contributed by atoms with van der Waals surface area (Å²) in [5.74, 6) is 0. The number of rotatable bonds is 3. The maximum absolute atomic E-state index is 3.65. The lowest BCUT2D eigenvalue weighted by molar-refractivity contribution is 0.153. The van der Waals surface area contributed by atoms with Gasteiger partial charge in [0.05, 0.1) is 6.04 Å². The molecule has 2 nitrogen and oxygen atoms in total. The van der Waals surface area contributed by atoms with Crippen LogP contribution in [0.4, 0.5) is 0 Å². The van der Waals surface area contributed by atoms with Gasteiger partial charge in [-0.25, -0.2) is 5.01 Å². The molecule has 0 radical (unpaired) electrons. The van der Waals surface area contributed by atoms with E-state index in [2.05, 4.69) is 35.4 Å². The molecule has 1 atom stereocenters. The van der Waals surface area contributed by atoms with Crippen molar-refractivity contribution in [3.63, 3.8) is 0 Å². The van der Waals surface area contributed by atoms with Crippen molar-refractivity contribution in [2.45, 2.75) is 19.4 Å². The second-order valence-corrected chi connectivity index (χ2v) is 4.64. The van der Waals surface area contributed by atoms with Crippen LogP contribution in [0.1, 0.15) is 23.4 Å². The zero-order valence-electron chi connectivity index (χ0n) is 8.94. The Morgan fingerprint density at radius 1 is 1.67 bits per heavy atom. The number of hydrazine groups is 1. The Hall–Kier alpha value is -1.06. The molecule has 0 saturated heterocycles. The zero-order chi connectivity index (χ0) is 10.7. The molecule has 2 rings (SSSR count). The van der Waals surface area contributed by atoms with E-state index < -0.39 is 0 Å². The predicted molar refractivity (Wildman–Crippen MR) is 65.6 cm³/mol. The van der Waals surface area contributed by atoms with Gasteiger partial charge < -0.3 is 5.43 Å². The fraction of sp³-hybridized carbons (Fsp3) is 0.333. The van der Waals surface area contributed by atoms with E-state index in [1.807, 2.05) is 23.6 Å². The van der Waals surface area contributed by atoms with E-state index in [9.17, 15) is 0 Å². The van der Waals surface area contributed by atoms with Crippen molar-refractivity contribution < 1.29 is 0 Å². The van der Waals surface area contributed by atoms with E-state index in [-0.39, 0.29) is 0 Å². The number of nitrogens with one attached hydrogen (secondary N) is 1. The highest BCUT2D eigenvalue weighted by Crippen LogP contribution is 2.31. The van der Waals surface area contributed by atoms with Gasteiger partial charge in [0, 0.05) is 17.6 Å². The van der Waals surface area contributed by atoms with E-state index in [0.717, 1.165) is 13.0 Å². The molecule has 3 heteroatoms. The summed E-state index contributed by atoms with van der Waals surface area (Å²) in [6, 6.07) is 2.69. The lowest BCUT2D eigenvalue weighted by atomic mass is 10.0. The smallest absolute Gasteiger partial charge is 0.0523 e. The molecule has 0 aliphatic carbocycles. The monoisotopic (exact) mass is 220 g/mol. The van der Waals surface area contributed by atoms with E-state index in [4.69, 9.17) is 0 Å². The summed E-state index contributed by atoms with van der Waals surface area (Å²) in [6.07, 6.45) is 6.76. The SMILES string of the molecule is C=C/C=C\NN1CCc2sccc2[C@H]1C. The molecule has 1 aromatic rings. The topological polar surface area (TPSA) is 15.3 Å². The molecule has 0 fully saturated rings. The summed E-state index contributed by atoms with van der Waals surface area (Å²) in [7, 11) is 0. The van der Waals surface area contributed by atoms with Gasteiger partial charge in [-0.3, -0.25) is 0 Å². The van der Waals surface area contributed by atoms with Crippen LogP contribution in [0.3, 0.4) is 0 Å². The third kappa shape index (κ3) is 2.13. The minimum absolute atomic E-state index is 0.453. The van der Waals surface area contributed by atoms with E-state index in [0.29, 0.717) is 6.04 Å². The Bertz CT molecular complexity index is 367. The molecule has 0 amide bonds. The van der Waals surface area contributed by atoms with Gasteiger partial charge in [-0.05, 0) is 36.4 Å². The Morgan fingerprint density at radius 3 is 3.33 bits per heavy atom. The van der Waals surface area contributed by atoms with Crippen molar-refractivity contribution in [2.75, 3.05) is 6.54 Å². The highest BCUT2D eigenvalue weighted by molar-refractivity contribution is 7.10. The molecule has 0 saturated carbocycles. The Kier molecular flexibility index (Phi) is 3.23. The summed E-state index contributed by atoms with van der Waals surface area (Å²) in [6.45, 7) is 6.95. The molecular formula is C12H16N2S. The Morgan fingerprint density at radius 2 is 2.53 bits per heavy atom. The molecule has 1 aliphatic rings. The number of hydrogen-bond donors (Lipinski definition) is 1. The normalized spacial score (nSPS) is 21.5. The van der Waals surface area contributed by atoms with Gasteiger partial charge in [-0.2, -0.15) is 0 Å². The second-order valence-electron chi connectivity index (χ2n) is 3.64. The number of nitrogens with zero attached hydrogens (tertiary/aromatic N) is 1. The van der Waals surface area contributed by atoms with Crippen LogP contribution in [0.25, 0.3) is 0 Å². The molecule has 0 unspecified atom stereocenters. The minimum Gasteiger partial charge on any atom is -0.326 e. The van der Waals surface area contributed by atoms with E-state index in [1.165, 1.54) is 10.4 Å². The number of hydrogen-bond acceptors (Lipinski definition) is 3. The first kappa shape index (κ1) is 10.5. The highest BCUT2D eigenvalue weighted by atomic mass is 32.1. The van der Waals surface area contributed by atoms with Gasteiger partial charge in [-0.1, -0.05) is 12.7 Å². The third-order valence-corrected chi connectivity index (χ3v) is 3.75. The van der Waals surface area contributed by atoms with Crippen molar-refractivity contribution in [2.24, 2.45) is 0 Å². The van der Waals surface area contributed by atoms with Gasteiger partial charge in [0.2, 0.25) is 0 Å². The zero-order valence-corrected chi connectivity index (χ0v) is 9.76. The molecule has 0 bridgehead atoms. The summed E-state index contributed by atoms with van der Waals surface area (Å²) >= 11 is 1.87. The lowest BCUT2D eigenvalue weighted by Crippen LogP contribution is -2.40. The average Bonchev–Trinajstić information content (AvgIpc) is 2.70. The van der Waals surface area contributed by atoms with Gasteiger partial charge in [-0.15, -0.1) is 11.3 Å². The molecule has 2 heterocycles. The fourth-order valence-corrected chi connectivity index (χ4v) is 2.86. The predicted octanol–water partition coefficient (Wildman–Crippen LogP) is 2.87. The van der Waals surface area contributed by atoms with Crippen molar-refractivity contribution in [1.82, 2.24) is 10.4 Å². The number of fused-ring (bicyclic) bond motifs is 1. The second kappa shape index (κ2) is 4.64. The quantitative estimate of drug-likeness (QED) is 0.788. The first-order valence-corrected chi connectivity index (χ1v) is 6.07. The molecule has 80 valence electrons. The largest absolute Gasteiger partial charge is 0.326 e. The maximum Gasteiger partial charge on any atom is 0.0523 e. The van der Waals surface area contributed by atoms with Crippen LogP contribution in [-0.2, 0) is 6.42 Å². The Balaban J connectivity index is 2.06. The molecule has 1 aliphatic heterocycles. The van der Waals surface area contributed by atoms with E-state index >= 15 is 0 Å². The molecule has 0 aromatic carbocycles.